The Labute approximate surface area is 105 Å². The van der Waals surface area contributed by atoms with E-state index in [1.165, 1.54) is 7.11 Å². The van der Waals surface area contributed by atoms with E-state index in [0.717, 1.165) is 5.56 Å². The Morgan fingerprint density at radius 1 is 1.44 bits per heavy atom. The van der Waals surface area contributed by atoms with Gasteiger partial charge in [-0.25, -0.2) is 4.79 Å². The fourth-order valence-electron chi connectivity index (χ4n) is 1.80. The monoisotopic (exact) mass is 249 g/mol. The number of nitrogens with one attached hydrogen (secondary N) is 1. The molecule has 5 nitrogen and oxygen atoms in total. The van der Waals surface area contributed by atoms with Crippen molar-refractivity contribution < 1.29 is 19.1 Å². The molecule has 0 amide bonds. The van der Waals surface area contributed by atoms with E-state index in [2.05, 4.69) is 10.1 Å². The number of ether oxygens (including phenoxy) is 2. The molecule has 1 aromatic rings. The minimum atomic E-state index is -0.353. The zero-order chi connectivity index (χ0) is 13.0. The molecule has 1 heterocycles. The summed E-state index contributed by atoms with van der Waals surface area (Å²) < 4.78 is 9.47. The van der Waals surface area contributed by atoms with Crippen LogP contribution in [0.2, 0.25) is 0 Å². The summed E-state index contributed by atoms with van der Waals surface area (Å²) >= 11 is 0. The molecular formula is C13H15NO4. The van der Waals surface area contributed by atoms with Gasteiger partial charge in [-0.3, -0.25) is 4.79 Å². The molecule has 1 aromatic carbocycles. The van der Waals surface area contributed by atoms with Crippen LogP contribution in [0.25, 0.3) is 0 Å². The molecule has 5 heteroatoms. The van der Waals surface area contributed by atoms with Crippen LogP contribution in [0.5, 0.6) is 0 Å². The number of benzene rings is 1. The first kappa shape index (κ1) is 12.6. The van der Waals surface area contributed by atoms with Crippen LogP contribution in [0.3, 0.4) is 0 Å². The van der Waals surface area contributed by atoms with Crippen molar-refractivity contribution in [2.45, 2.75) is 19.0 Å². The summed E-state index contributed by atoms with van der Waals surface area (Å²) in [5.74, 6) is -0.546. The highest BCUT2D eigenvalue weighted by atomic mass is 16.5. The van der Waals surface area contributed by atoms with Crippen molar-refractivity contribution in [3.8, 4) is 0 Å². The van der Waals surface area contributed by atoms with Crippen LogP contribution in [0, 0.1) is 0 Å². The van der Waals surface area contributed by atoms with E-state index in [9.17, 15) is 9.59 Å². The third-order valence-electron chi connectivity index (χ3n) is 2.86. The number of cyclic esters (lactones) is 1. The predicted molar refractivity (Wildman–Crippen MR) is 64.0 cm³/mol. The zero-order valence-corrected chi connectivity index (χ0v) is 10.1. The van der Waals surface area contributed by atoms with Gasteiger partial charge < -0.3 is 14.8 Å². The minimum Gasteiger partial charge on any atom is -0.465 e. The van der Waals surface area contributed by atoms with Crippen molar-refractivity contribution in [3.63, 3.8) is 0 Å². The second-order valence-electron chi connectivity index (χ2n) is 4.08. The number of esters is 2. The number of hydrogen-bond donors (Lipinski definition) is 1. The van der Waals surface area contributed by atoms with E-state index in [4.69, 9.17) is 4.74 Å². The largest absolute Gasteiger partial charge is 0.465 e. The lowest BCUT2D eigenvalue weighted by atomic mass is 10.1. The number of methoxy groups -OCH3 is 1. The molecule has 96 valence electrons. The standard InChI is InChI=1S/C13H15NO4/c1-17-12(15)10-4-2-9(3-5-10)8-14-11-6-7-18-13(11)16/h2-5,11,14H,6-8H2,1H3. The van der Waals surface area contributed by atoms with Gasteiger partial charge in [-0.2, -0.15) is 0 Å². The molecule has 0 spiro atoms. The van der Waals surface area contributed by atoms with E-state index in [1.807, 2.05) is 12.1 Å². The molecule has 1 aliphatic heterocycles. The fraction of sp³-hybridized carbons (Fsp3) is 0.385. The number of carbonyl (C=O) groups excluding carboxylic acids is 2. The Bertz CT molecular complexity index is 441. The first-order chi connectivity index (χ1) is 8.70. The lowest BCUT2D eigenvalue weighted by Gasteiger charge is -2.08. The molecule has 1 saturated heterocycles. The third-order valence-corrected chi connectivity index (χ3v) is 2.86. The van der Waals surface area contributed by atoms with Gasteiger partial charge >= 0.3 is 11.9 Å². The third kappa shape index (κ3) is 2.87. The fourth-order valence-corrected chi connectivity index (χ4v) is 1.80. The molecule has 1 unspecified atom stereocenters. The average Bonchev–Trinajstić information content (AvgIpc) is 2.81. The normalized spacial score (nSPS) is 18.5. The van der Waals surface area contributed by atoms with E-state index in [0.29, 0.717) is 25.1 Å². The molecule has 1 fully saturated rings. The maximum Gasteiger partial charge on any atom is 0.337 e. The van der Waals surface area contributed by atoms with Gasteiger partial charge in [-0.1, -0.05) is 12.1 Å². The second-order valence-corrected chi connectivity index (χ2v) is 4.08. The zero-order valence-electron chi connectivity index (χ0n) is 10.1. The summed E-state index contributed by atoms with van der Waals surface area (Å²) in [5, 5.41) is 3.12. The number of rotatable bonds is 4. The molecule has 0 radical (unpaired) electrons. The Morgan fingerprint density at radius 2 is 2.17 bits per heavy atom. The predicted octanol–water partition coefficient (Wildman–Crippen LogP) is 0.878. The molecule has 1 N–H and O–H groups in total. The van der Waals surface area contributed by atoms with Gasteiger partial charge in [0, 0.05) is 13.0 Å². The smallest absolute Gasteiger partial charge is 0.337 e. The van der Waals surface area contributed by atoms with Gasteiger partial charge in [0.1, 0.15) is 6.04 Å². The quantitative estimate of drug-likeness (QED) is 0.802. The van der Waals surface area contributed by atoms with Gasteiger partial charge in [0.05, 0.1) is 19.3 Å². The van der Waals surface area contributed by atoms with Crippen molar-refractivity contribution in [2.75, 3.05) is 13.7 Å². The summed E-state index contributed by atoms with van der Waals surface area (Å²) in [7, 11) is 1.35. The molecule has 0 saturated carbocycles. The molecule has 0 aromatic heterocycles. The lowest BCUT2D eigenvalue weighted by molar-refractivity contribution is -0.139. The summed E-state index contributed by atoms with van der Waals surface area (Å²) in [5.41, 5.74) is 1.52. The maximum absolute atomic E-state index is 11.2. The minimum absolute atomic E-state index is 0.193. The second kappa shape index (κ2) is 5.64. The van der Waals surface area contributed by atoms with Crippen LogP contribution in [-0.4, -0.2) is 31.7 Å². The molecule has 1 atom stereocenters. The van der Waals surface area contributed by atoms with E-state index in [-0.39, 0.29) is 18.0 Å². The van der Waals surface area contributed by atoms with Crippen molar-refractivity contribution >= 4 is 11.9 Å². The maximum atomic E-state index is 11.2. The van der Waals surface area contributed by atoms with Crippen LogP contribution < -0.4 is 5.32 Å². The molecule has 18 heavy (non-hydrogen) atoms. The summed E-state index contributed by atoms with van der Waals surface area (Å²) in [6.45, 7) is 1.05. The Hall–Kier alpha value is -1.88. The first-order valence-electron chi connectivity index (χ1n) is 5.78. The van der Waals surface area contributed by atoms with Gasteiger partial charge in [0.15, 0.2) is 0 Å². The molecule has 0 bridgehead atoms. The van der Waals surface area contributed by atoms with Crippen LogP contribution >= 0.6 is 0 Å². The highest BCUT2D eigenvalue weighted by Gasteiger charge is 2.25. The molecule has 2 rings (SSSR count). The van der Waals surface area contributed by atoms with E-state index in [1.54, 1.807) is 12.1 Å². The van der Waals surface area contributed by atoms with Crippen molar-refractivity contribution in [1.82, 2.24) is 5.32 Å². The Kier molecular flexibility index (Phi) is 3.94. The van der Waals surface area contributed by atoms with Crippen molar-refractivity contribution in [1.29, 1.82) is 0 Å². The Morgan fingerprint density at radius 3 is 2.72 bits per heavy atom. The highest BCUT2D eigenvalue weighted by Crippen LogP contribution is 2.09. The summed E-state index contributed by atoms with van der Waals surface area (Å²) in [6, 6.07) is 6.86. The summed E-state index contributed by atoms with van der Waals surface area (Å²) in [6.07, 6.45) is 0.707. The highest BCUT2D eigenvalue weighted by molar-refractivity contribution is 5.89. The van der Waals surface area contributed by atoms with Crippen LogP contribution in [0.15, 0.2) is 24.3 Å². The summed E-state index contributed by atoms with van der Waals surface area (Å²) in [4.78, 5) is 22.5. The van der Waals surface area contributed by atoms with Gasteiger partial charge in [0.25, 0.3) is 0 Å². The van der Waals surface area contributed by atoms with Crippen LogP contribution in [0.4, 0.5) is 0 Å². The van der Waals surface area contributed by atoms with Gasteiger partial charge in [-0.05, 0) is 17.7 Å². The van der Waals surface area contributed by atoms with E-state index >= 15 is 0 Å². The van der Waals surface area contributed by atoms with E-state index < -0.39 is 0 Å². The number of carbonyl (C=O) groups is 2. The van der Waals surface area contributed by atoms with Crippen molar-refractivity contribution in [3.05, 3.63) is 35.4 Å². The molecular weight excluding hydrogens is 234 g/mol. The van der Waals surface area contributed by atoms with Crippen molar-refractivity contribution in [2.24, 2.45) is 0 Å². The SMILES string of the molecule is COC(=O)c1ccc(CNC2CCOC2=O)cc1. The molecule has 1 aliphatic rings. The lowest BCUT2D eigenvalue weighted by Crippen LogP contribution is -2.32. The van der Waals surface area contributed by atoms with Crippen LogP contribution in [0.1, 0.15) is 22.3 Å². The number of hydrogen-bond acceptors (Lipinski definition) is 5. The average molecular weight is 249 g/mol. The Balaban J connectivity index is 1.90. The molecule has 0 aliphatic carbocycles. The topological polar surface area (TPSA) is 64.6 Å². The van der Waals surface area contributed by atoms with Gasteiger partial charge in [0.2, 0.25) is 0 Å². The first-order valence-corrected chi connectivity index (χ1v) is 5.78. The van der Waals surface area contributed by atoms with Crippen LogP contribution in [-0.2, 0) is 20.8 Å². The van der Waals surface area contributed by atoms with Gasteiger partial charge in [-0.15, -0.1) is 0 Å².